The van der Waals surface area contributed by atoms with Crippen LogP contribution in [-0.4, -0.2) is 4.98 Å². The lowest BCUT2D eigenvalue weighted by atomic mass is 10.0. The van der Waals surface area contributed by atoms with E-state index in [0.717, 1.165) is 6.42 Å². The van der Waals surface area contributed by atoms with Crippen molar-refractivity contribution in [2.24, 2.45) is 0 Å². The van der Waals surface area contributed by atoms with Crippen molar-refractivity contribution in [3.63, 3.8) is 0 Å². The summed E-state index contributed by atoms with van der Waals surface area (Å²) in [4.78, 5) is 4.00. The third kappa shape index (κ3) is 2.53. The lowest BCUT2D eigenvalue weighted by Gasteiger charge is -2.02. The van der Waals surface area contributed by atoms with E-state index in [1.807, 2.05) is 30.6 Å². The Balaban J connectivity index is 2.21. The zero-order valence-corrected chi connectivity index (χ0v) is 8.56. The van der Waals surface area contributed by atoms with E-state index in [0.29, 0.717) is 0 Å². The summed E-state index contributed by atoms with van der Waals surface area (Å²) < 4.78 is 0. The van der Waals surface area contributed by atoms with E-state index in [2.05, 4.69) is 35.8 Å². The van der Waals surface area contributed by atoms with Gasteiger partial charge in [0.05, 0.1) is 0 Å². The van der Waals surface area contributed by atoms with E-state index in [9.17, 15) is 0 Å². The van der Waals surface area contributed by atoms with E-state index in [4.69, 9.17) is 0 Å². The molecule has 0 atom stereocenters. The molecule has 0 aliphatic rings. The van der Waals surface area contributed by atoms with Crippen LogP contribution in [0.25, 0.3) is 6.08 Å². The smallest absolute Gasteiger partial charge is 0.0270 e. The lowest BCUT2D eigenvalue weighted by molar-refractivity contribution is 1.16. The molecule has 1 heteroatoms. The molecule has 74 valence electrons. The summed E-state index contributed by atoms with van der Waals surface area (Å²) in [5, 5.41) is 0. The summed E-state index contributed by atoms with van der Waals surface area (Å²) in [6.45, 7) is 3.77. The second kappa shape index (κ2) is 4.56. The first-order valence-corrected chi connectivity index (χ1v) is 4.99. The maximum atomic E-state index is 4.00. The molecule has 2 rings (SSSR count). The van der Waals surface area contributed by atoms with E-state index in [1.165, 1.54) is 16.7 Å². The zero-order valence-electron chi connectivity index (χ0n) is 8.56. The molecule has 15 heavy (non-hydrogen) atoms. The first-order chi connectivity index (χ1) is 7.38. The first-order valence-electron chi connectivity index (χ1n) is 4.99. The third-order valence-electron chi connectivity index (χ3n) is 2.34. The molecule has 1 aromatic carbocycles. The summed E-state index contributed by atoms with van der Waals surface area (Å²) in [6, 6.07) is 12.5. The van der Waals surface area contributed by atoms with Crippen molar-refractivity contribution in [2.75, 3.05) is 0 Å². The van der Waals surface area contributed by atoms with Crippen LogP contribution in [-0.2, 0) is 6.42 Å². The van der Waals surface area contributed by atoms with Crippen LogP contribution in [0, 0.1) is 0 Å². The molecule has 1 heterocycles. The highest BCUT2D eigenvalue weighted by molar-refractivity contribution is 5.48. The lowest BCUT2D eigenvalue weighted by Crippen LogP contribution is -1.88. The molecule has 0 saturated heterocycles. The molecular weight excluding hydrogens is 182 g/mol. The van der Waals surface area contributed by atoms with Gasteiger partial charge in [0.15, 0.2) is 0 Å². The standard InChI is InChI=1S/C14H13N/c1-2-12-4-3-5-14(10-12)11-13-6-8-15-9-7-13/h2-10H,1,11H2. The van der Waals surface area contributed by atoms with Gasteiger partial charge in [-0.2, -0.15) is 0 Å². The fourth-order valence-corrected chi connectivity index (χ4v) is 1.57. The number of hydrogen-bond acceptors (Lipinski definition) is 1. The molecule has 0 spiro atoms. The zero-order chi connectivity index (χ0) is 10.5. The predicted molar refractivity (Wildman–Crippen MR) is 63.6 cm³/mol. The van der Waals surface area contributed by atoms with Gasteiger partial charge in [-0.3, -0.25) is 4.98 Å². The van der Waals surface area contributed by atoms with Crippen LogP contribution in [0.3, 0.4) is 0 Å². The molecule has 0 N–H and O–H groups in total. The number of pyridine rings is 1. The summed E-state index contributed by atoms with van der Waals surface area (Å²) in [5.74, 6) is 0. The van der Waals surface area contributed by atoms with E-state index >= 15 is 0 Å². The van der Waals surface area contributed by atoms with Crippen molar-refractivity contribution in [3.05, 3.63) is 72.1 Å². The van der Waals surface area contributed by atoms with E-state index in [1.54, 1.807) is 0 Å². The minimum Gasteiger partial charge on any atom is -0.265 e. The highest BCUT2D eigenvalue weighted by Gasteiger charge is 1.95. The number of aromatic nitrogens is 1. The van der Waals surface area contributed by atoms with Crippen LogP contribution in [0.2, 0.25) is 0 Å². The number of rotatable bonds is 3. The SMILES string of the molecule is C=Cc1cccc(Cc2ccncc2)c1. The molecule has 0 fully saturated rings. The molecule has 0 unspecified atom stereocenters. The number of nitrogens with zero attached hydrogens (tertiary/aromatic N) is 1. The average molecular weight is 195 g/mol. The van der Waals surface area contributed by atoms with Crippen LogP contribution in [0.1, 0.15) is 16.7 Å². The van der Waals surface area contributed by atoms with Gasteiger partial charge in [-0.25, -0.2) is 0 Å². The second-order valence-corrected chi connectivity index (χ2v) is 3.48. The van der Waals surface area contributed by atoms with E-state index < -0.39 is 0 Å². The van der Waals surface area contributed by atoms with Gasteiger partial charge in [-0.1, -0.05) is 36.9 Å². The van der Waals surface area contributed by atoms with Crippen molar-refractivity contribution >= 4 is 6.08 Å². The molecule has 2 aromatic rings. The molecule has 1 aromatic heterocycles. The maximum Gasteiger partial charge on any atom is 0.0270 e. The minimum atomic E-state index is 0.949. The van der Waals surface area contributed by atoms with Crippen molar-refractivity contribution in [2.45, 2.75) is 6.42 Å². The Morgan fingerprint density at radius 1 is 1.07 bits per heavy atom. The summed E-state index contributed by atoms with van der Waals surface area (Å²) in [7, 11) is 0. The fourth-order valence-electron chi connectivity index (χ4n) is 1.57. The average Bonchev–Trinajstić information content (AvgIpc) is 2.31. The molecular formula is C14H13N. The second-order valence-electron chi connectivity index (χ2n) is 3.48. The highest BCUT2D eigenvalue weighted by Crippen LogP contribution is 2.11. The summed E-state index contributed by atoms with van der Waals surface area (Å²) in [5.41, 5.74) is 3.76. The fraction of sp³-hybridized carbons (Fsp3) is 0.0714. The van der Waals surface area contributed by atoms with Crippen LogP contribution in [0.5, 0.6) is 0 Å². The van der Waals surface area contributed by atoms with Gasteiger partial charge in [0.25, 0.3) is 0 Å². The Morgan fingerprint density at radius 2 is 1.87 bits per heavy atom. The van der Waals surface area contributed by atoms with Crippen LogP contribution < -0.4 is 0 Å². The third-order valence-corrected chi connectivity index (χ3v) is 2.34. The van der Waals surface area contributed by atoms with Gasteiger partial charge in [0.1, 0.15) is 0 Å². The summed E-state index contributed by atoms with van der Waals surface area (Å²) in [6.07, 6.45) is 6.47. The van der Waals surface area contributed by atoms with Crippen molar-refractivity contribution in [1.82, 2.24) is 4.98 Å². The maximum absolute atomic E-state index is 4.00. The van der Waals surface area contributed by atoms with Gasteiger partial charge in [0.2, 0.25) is 0 Å². The van der Waals surface area contributed by atoms with Gasteiger partial charge >= 0.3 is 0 Å². The van der Waals surface area contributed by atoms with Gasteiger partial charge in [-0.15, -0.1) is 0 Å². The number of hydrogen-bond donors (Lipinski definition) is 0. The summed E-state index contributed by atoms with van der Waals surface area (Å²) >= 11 is 0. The number of benzene rings is 1. The Bertz CT molecular complexity index is 446. The Labute approximate surface area is 90.1 Å². The molecule has 0 saturated carbocycles. The van der Waals surface area contributed by atoms with Gasteiger partial charge < -0.3 is 0 Å². The molecule has 0 aliphatic heterocycles. The Kier molecular flexibility index (Phi) is 2.93. The Morgan fingerprint density at radius 3 is 2.60 bits per heavy atom. The monoisotopic (exact) mass is 195 g/mol. The van der Waals surface area contributed by atoms with Crippen LogP contribution in [0.15, 0.2) is 55.4 Å². The van der Waals surface area contributed by atoms with E-state index in [-0.39, 0.29) is 0 Å². The predicted octanol–water partition coefficient (Wildman–Crippen LogP) is 3.32. The molecule has 0 bridgehead atoms. The quantitative estimate of drug-likeness (QED) is 0.732. The normalized spacial score (nSPS) is 9.87. The molecule has 0 amide bonds. The molecule has 0 aliphatic carbocycles. The molecule has 1 nitrogen and oxygen atoms in total. The van der Waals surface area contributed by atoms with Crippen molar-refractivity contribution in [3.8, 4) is 0 Å². The highest BCUT2D eigenvalue weighted by atomic mass is 14.6. The van der Waals surface area contributed by atoms with Gasteiger partial charge in [0, 0.05) is 12.4 Å². The van der Waals surface area contributed by atoms with Gasteiger partial charge in [-0.05, 0) is 35.2 Å². The van der Waals surface area contributed by atoms with Crippen molar-refractivity contribution in [1.29, 1.82) is 0 Å². The Hall–Kier alpha value is -1.89. The topological polar surface area (TPSA) is 12.9 Å². The first kappa shape index (κ1) is 9.66. The van der Waals surface area contributed by atoms with Crippen molar-refractivity contribution < 1.29 is 0 Å². The largest absolute Gasteiger partial charge is 0.265 e. The van der Waals surface area contributed by atoms with Crippen LogP contribution in [0.4, 0.5) is 0 Å². The molecule has 0 radical (unpaired) electrons. The minimum absolute atomic E-state index is 0.949. The van der Waals surface area contributed by atoms with Crippen LogP contribution >= 0.6 is 0 Å².